The number of carbonyl (C=O) groups excluding carboxylic acids is 2. The molecule has 7 heteroatoms. The number of aliphatic hydroxyl groups is 1. The molecule has 2 heterocycles. The van der Waals surface area contributed by atoms with Crippen LogP contribution in [0.3, 0.4) is 0 Å². The molecule has 2 amide bonds. The predicted octanol–water partition coefficient (Wildman–Crippen LogP) is 0.625. The molecule has 2 aliphatic rings. The minimum absolute atomic E-state index is 0.0397. The van der Waals surface area contributed by atoms with Crippen molar-refractivity contribution in [3.8, 4) is 0 Å². The van der Waals surface area contributed by atoms with Crippen molar-refractivity contribution in [2.45, 2.75) is 31.8 Å². The molecule has 28 heavy (non-hydrogen) atoms. The van der Waals surface area contributed by atoms with Crippen LogP contribution in [-0.2, 0) is 20.9 Å². The minimum Gasteiger partial charge on any atom is -0.396 e. The van der Waals surface area contributed by atoms with Crippen molar-refractivity contribution in [3.63, 3.8) is 0 Å². The lowest BCUT2D eigenvalue weighted by Crippen LogP contribution is -2.56. The molecular formula is C21H31N3O4. The second-order valence-electron chi connectivity index (χ2n) is 7.99. The van der Waals surface area contributed by atoms with Crippen molar-refractivity contribution >= 4 is 11.8 Å². The van der Waals surface area contributed by atoms with E-state index < -0.39 is 6.04 Å². The molecule has 0 radical (unpaired) electrons. The molecule has 1 aromatic rings. The quantitative estimate of drug-likeness (QED) is 0.715. The molecule has 1 aromatic carbocycles. The molecule has 0 spiro atoms. The van der Waals surface area contributed by atoms with E-state index in [2.05, 4.69) is 10.2 Å². The Morgan fingerprint density at radius 2 is 2.04 bits per heavy atom. The molecule has 0 saturated carbocycles. The lowest BCUT2D eigenvalue weighted by atomic mass is 9.80. The second-order valence-corrected chi connectivity index (χ2v) is 7.99. The third-order valence-corrected chi connectivity index (χ3v) is 5.93. The van der Waals surface area contributed by atoms with Gasteiger partial charge in [0.15, 0.2) is 0 Å². The molecule has 2 N–H and O–H groups in total. The molecule has 3 rings (SSSR count). The molecular weight excluding hydrogens is 358 g/mol. The maximum atomic E-state index is 12.9. The zero-order valence-electron chi connectivity index (χ0n) is 16.6. The van der Waals surface area contributed by atoms with Crippen molar-refractivity contribution in [2.24, 2.45) is 5.41 Å². The van der Waals surface area contributed by atoms with E-state index in [0.717, 1.165) is 24.9 Å². The van der Waals surface area contributed by atoms with Crippen LogP contribution in [0.25, 0.3) is 0 Å². The number of hydrogen-bond donors (Lipinski definition) is 2. The van der Waals surface area contributed by atoms with E-state index in [1.54, 1.807) is 11.9 Å². The molecule has 2 saturated heterocycles. The minimum atomic E-state index is -0.469. The van der Waals surface area contributed by atoms with Gasteiger partial charge in [0, 0.05) is 51.9 Å². The van der Waals surface area contributed by atoms with Gasteiger partial charge in [0.2, 0.25) is 11.8 Å². The highest BCUT2D eigenvalue weighted by Crippen LogP contribution is 2.31. The number of rotatable bonds is 7. The summed E-state index contributed by atoms with van der Waals surface area (Å²) in [4.78, 5) is 29.1. The van der Waals surface area contributed by atoms with Crippen LogP contribution in [0.4, 0.5) is 0 Å². The highest BCUT2D eigenvalue weighted by Gasteiger charge is 2.36. The third-order valence-electron chi connectivity index (χ3n) is 5.93. The van der Waals surface area contributed by atoms with E-state index in [1.165, 1.54) is 0 Å². The zero-order chi connectivity index (χ0) is 20.0. The van der Waals surface area contributed by atoms with Gasteiger partial charge in [0.1, 0.15) is 0 Å². The fraction of sp³-hybridized carbons (Fsp3) is 0.619. The number of nitrogens with one attached hydrogen (secondary N) is 1. The Bertz CT molecular complexity index is 661. The van der Waals surface area contributed by atoms with Gasteiger partial charge in [-0.1, -0.05) is 30.3 Å². The van der Waals surface area contributed by atoms with Crippen LogP contribution >= 0.6 is 0 Å². The Balaban J connectivity index is 1.63. The van der Waals surface area contributed by atoms with Crippen molar-refractivity contribution in [2.75, 3.05) is 46.5 Å². The Morgan fingerprint density at radius 1 is 1.32 bits per heavy atom. The highest BCUT2D eigenvalue weighted by atomic mass is 16.5. The van der Waals surface area contributed by atoms with Gasteiger partial charge in [-0.25, -0.2) is 0 Å². The van der Waals surface area contributed by atoms with Crippen molar-refractivity contribution < 1.29 is 19.4 Å². The maximum Gasteiger partial charge on any atom is 0.237 e. The normalized spacial score (nSPS) is 22.5. The SMILES string of the molecule is CN(CC1(CO)CCOCC1)C(=O)CC1C(=O)NCCN1Cc1ccccc1. The topological polar surface area (TPSA) is 82.1 Å². The van der Waals surface area contributed by atoms with Crippen LogP contribution in [0.15, 0.2) is 30.3 Å². The van der Waals surface area contributed by atoms with Crippen LogP contribution in [-0.4, -0.2) is 79.3 Å². The summed E-state index contributed by atoms with van der Waals surface area (Å²) < 4.78 is 5.40. The van der Waals surface area contributed by atoms with Crippen LogP contribution in [0.2, 0.25) is 0 Å². The average molecular weight is 389 g/mol. The number of nitrogens with zero attached hydrogens (tertiary/aromatic N) is 2. The number of benzene rings is 1. The molecule has 2 aliphatic heterocycles. The number of aliphatic hydroxyl groups excluding tert-OH is 1. The Labute approximate surface area is 166 Å². The van der Waals surface area contributed by atoms with Gasteiger partial charge >= 0.3 is 0 Å². The summed E-state index contributed by atoms with van der Waals surface area (Å²) in [6.07, 6.45) is 1.63. The summed E-state index contributed by atoms with van der Waals surface area (Å²) in [6.45, 7) is 3.71. The van der Waals surface area contributed by atoms with Crippen LogP contribution in [0, 0.1) is 5.41 Å². The summed E-state index contributed by atoms with van der Waals surface area (Å²) in [5, 5.41) is 12.8. The first-order valence-corrected chi connectivity index (χ1v) is 10.0. The van der Waals surface area contributed by atoms with E-state index in [9.17, 15) is 14.7 Å². The number of piperazine rings is 1. The van der Waals surface area contributed by atoms with Crippen molar-refractivity contribution in [1.82, 2.24) is 15.1 Å². The van der Waals surface area contributed by atoms with Gasteiger partial charge in [-0.3, -0.25) is 14.5 Å². The summed E-state index contributed by atoms with van der Waals surface area (Å²) in [5.74, 6) is -0.161. The summed E-state index contributed by atoms with van der Waals surface area (Å²) >= 11 is 0. The first-order chi connectivity index (χ1) is 13.5. The Kier molecular flexibility index (Phi) is 7.04. The fourth-order valence-corrected chi connectivity index (χ4v) is 4.07. The predicted molar refractivity (Wildman–Crippen MR) is 105 cm³/mol. The van der Waals surface area contributed by atoms with Crippen molar-refractivity contribution in [1.29, 1.82) is 0 Å². The van der Waals surface area contributed by atoms with Gasteiger partial charge in [0.25, 0.3) is 0 Å². The van der Waals surface area contributed by atoms with E-state index in [1.807, 2.05) is 30.3 Å². The second kappa shape index (κ2) is 9.49. The highest BCUT2D eigenvalue weighted by molar-refractivity contribution is 5.88. The third kappa shape index (κ3) is 5.10. The molecule has 1 unspecified atom stereocenters. The molecule has 1 atom stereocenters. The number of amides is 2. The fourth-order valence-electron chi connectivity index (χ4n) is 4.07. The lowest BCUT2D eigenvalue weighted by Gasteiger charge is -2.39. The molecule has 2 fully saturated rings. The number of ether oxygens (including phenoxy) is 1. The average Bonchev–Trinajstić information content (AvgIpc) is 2.72. The Morgan fingerprint density at radius 3 is 2.71 bits per heavy atom. The smallest absolute Gasteiger partial charge is 0.237 e. The lowest BCUT2D eigenvalue weighted by molar-refractivity contribution is -0.140. The standard InChI is InChI=1S/C21H31N3O4/c1-23(15-21(16-25)7-11-28-12-8-21)19(26)13-18-20(27)22-9-10-24(18)14-17-5-3-2-4-6-17/h2-6,18,25H,7-16H2,1H3,(H,22,27). The van der Waals surface area contributed by atoms with E-state index in [0.29, 0.717) is 32.8 Å². The van der Waals surface area contributed by atoms with Crippen LogP contribution < -0.4 is 5.32 Å². The number of hydrogen-bond acceptors (Lipinski definition) is 5. The van der Waals surface area contributed by atoms with Gasteiger partial charge < -0.3 is 20.1 Å². The number of carbonyl (C=O) groups is 2. The monoisotopic (exact) mass is 389 g/mol. The van der Waals surface area contributed by atoms with Crippen LogP contribution in [0.1, 0.15) is 24.8 Å². The van der Waals surface area contributed by atoms with Gasteiger partial charge in [-0.15, -0.1) is 0 Å². The van der Waals surface area contributed by atoms with E-state index >= 15 is 0 Å². The first-order valence-electron chi connectivity index (χ1n) is 10.0. The summed E-state index contributed by atoms with van der Waals surface area (Å²) in [6, 6.07) is 9.53. The van der Waals surface area contributed by atoms with Gasteiger partial charge in [-0.2, -0.15) is 0 Å². The van der Waals surface area contributed by atoms with E-state index in [4.69, 9.17) is 4.74 Å². The molecule has 0 aliphatic carbocycles. The maximum absolute atomic E-state index is 12.9. The Hall–Kier alpha value is -1.96. The van der Waals surface area contributed by atoms with Gasteiger partial charge in [-0.05, 0) is 18.4 Å². The largest absolute Gasteiger partial charge is 0.396 e. The molecule has 0 aromatic heterocycles. The van der Waals surface area contributed by atoms with Crippen molar-refractivity contribution in [3.05, 3.63) is 35.9 Å². The zero-order valence-corrected chi connectivity index (χ0v) is 16.6. The first kappa shape index (κ1) is 20.8. The summed E-state index contributed by atoms with van der Waals surface area (Å²) in [7, 11) is 1.76. The van der Waals surface area contributed by atoms with Gasteiger partial charge in [0.05, 0.1) is 19.1 Å². The molecule has 7 nitrogen and oxygen atoms in total. The molecule has 154 valence electrons. The van der Waals surface area contributed by atoms with Crippen LogP contribution in [0.5, 0.6) is 0 Å². The van der Waals surface area contributed by atoms with E-state index in [-0.39, 0.29) is 30.3 Å². The summed E-state index contributed by atoms with van der Waals surface area (Å²) in [5.41, 5.74) is 0.825. The molecule has 0 bridgehead atoms.